The van der Waals surface area contributed by atoms with Crippen molar-refractivity contribution < 1.29 is 14.7 Å². The summed E-state index contributed by atoms with van der Waals surface area (Å²) in [6.07, 6.45) is -0.0242. The average molecular weight is 264 g/mol. The molecule has 0 bridgehead atoms. The molecule has 1 unspecified atom stereocenters. The number of benzene rings is 1. The van der Waals surface area contributed by atoms with Gasteiger partial charge in [0.2, 0.25) is 5.91 Å². The van der Waals surface area contributed by atoms with Gasteiger partial charge in [-0.05, 0) is 17.7 Å². The van der Waals surface area contributed by atoms with Gasteiger partial charge in [0.05, 0.1) is 5.92 Å². The number of hydrogen-bond acceptors (Lipinski definition) is 3. The number of carboxylic acid groups (broad SMARTS) is 1. The molecule has 1 amide bonds. The number of carbonyl (C=O) groups excluding carboxylic acids is 1. The van der Waals surface area contributed by atoms with Crippen molar-refractivity contribution in [2.75, 3.05) is 33.1 Å². The first-order valence-electron chi connectivity index (χ1n) is 6.03. The van der Waals surface area contributed by atoms with Crippen LogP contribution in [0.4, 0.5) is 5.69 Å². The third-order valence-electron chi connectivity index (χ3n) is 2.99. The molecule has 0 saturated carbocycles. The van der Waals surface area contributed by atoms with Crippen molar-refractivity contribution >= 4 is 17.6 Å². The molecular weight excluding hydrogens is 244 g/mol. The molecule has 0 fully saturated rings. The largest absolute Gasteiger partial charge is 0.481 e. The Balaban J connectivity index is 2.93. The lowest BCUT2D eigenvalue weighted by atomic mass is 9.95. The maximum Gasteiger partial charge on any atom is 0.311 e. The molecule has 1 aromatic carbocycles. The molecule has 5 heteroatoms. The van der Waals surface area contributed by atoms with E-state index in [0.717, 1.165) is 5.69 Å². The van der Waals surface area contributed by atoms with Crippen LogP contribution < -0.4 is 4.90 Å². The van der Waals surface area contributed by atoms with Crippen LogP contribution in [-0.2, 0) is 9.59 Å². The summed E-state index contributed by atoms with van der Waals surface area (Å²) in [6.45, 7) is 0. The molecule has 1 N–H and O–H groups in total. The van der Waals surface area contributed by atoms with Gasteiger partial charge in [-0.25, -0.2) is 0 Å². The monoisotopic (exact) mass is 264 g/mol. The van der Waals surface area contributed by atoms with Gasteiger partial charge in [0, 0.05) is 40.3 Å². The Hall–Kier alpha value is -2.04. The Kier molecular flexibility index (Phi) is 4.92. The second kappa shape index (κ2) is 6.22. The quantitative estimate of drug-likeness (QED) is 0.873. The minimum Gasteiger partial charge on any atom is -0.481 e. The van der Waals surface area contributed by atoms with E-state index >= 15 is 0 Å². The van der Waals surface area contributed by atoms with Crippen LogP contribution in [0, 0.1) is 0 Å². The van der Waals surface area contributed by atoms with Gasteiger partial charge in [0.25, 0.3) is 0 Å². The molecule has 104 valence electrons. The average Bonchev–Trinajstić information content (AvgIpc) is 2.35. The predicted molar refractivity (Wildman–Crippen MR) is 74.5 cm³/mol. The lowest BCUT2D eigenvalue weighted by molar-refractivity contribution is -0.142. The fraction of sp³-hybridized carbons (Fsp3) is 0.429. The van der Waals surface area contributed by atoms with E-state index in [1.165, 1.54) is 4.90 Å². The maximum atomic E-state index is 11.7. The number of aliphatic carboxylic acids is 1. The molecule has 1 aromatic rings. The molecule has 0 aromatic heterocycles. The van der Waals surface area contributed by atoms with Crippen molar-refractivity contribution in [3.05, 3.63) is 29.8 Å². The third kappa shape index (κ3) is 3.98. The minimum absolute atomic E-state index is 0.0242. The van der Waals surface area contributed by atoms with E-state index in [1.54, 1.807) is 26.2 Å². The number of amides is 1. The minimum atomic E-state index is -0.979. The summed E-state index contributed by atoms with van der Waals surface area (Å²) in [4.78, 5) is 26.3. The molecular formula is C14H20N2O3. The third-order valence-corrected chi connectivity index (χ3v) is 2.99. The molecule has 5 nitrogen and oxygen atoms in total. The van der Waals surface area contributed by atoms with Gasteiger partial charge in [-0.1, -0.05) is 12.1 Å². The Morgan fingerprint density at radius 3 is 2.00 bits per heavy atom. The highest BCUT2D eigenvalue weighted by molar-refractivity contribution is 5.85. The van der Waals surface area contributed by atoms with E-state index in [1.807, 2.05) is 31.1 Å². The first-order chi connectivity index (χ1) is 8.82. The summed E-state index contributed by atoms with van der Waals surface area (Å²) in [7, 11) is 7.07. The molecule has 19 heavy (non-hydrogen) atoms. The van der Waals surface area contributed by atoms with Gasteiger partial charge in [0.15, 0.2) is 0 Å². The number of hydrogen-bond donors (Lipinski definition) is 1. The van der Waals surface area contributed by atoms with Crippen LogP contribution in [0.2, 0.25) is 0 Å². The molecule has 0 spiro atoms. The Labute approximate surface area is 113 Å². The van der Waals surface area contributed by atoms with Crippen LogP contribution in [0.3, 0.4) is 0 Å². The van der Waals surface area contributed by atoms with Gasteiger partial charge < -0.3 is 14.9 Å². The van der Waals surface area contributed by atoms with Crippen LogP contribution in [-0.4, -0.2) is 50.1 Å². The highest BCUT2D eigenvalue weighted by atomic mass is 16.4. The molecule has 0 radical (unpaired) electrons. The summed E-state index contributed by atoms with van der Waals surface area (Å²) in [5.74, 6) is -1.97. The fourth-order valence-electron chi connectivity index (χ4n) is 1.71. The van der Waals surface area contributed by atoms with Gasteiger partial charge in [-0.2, -0.15) is 0 Å². The number of rotatable bonds is 5. The predicted octanol–water partition coefficient (Wildman–Crippen LogP) is 1.40. The van der Waals surface area contributed by atoms with Crippen LogP contribution in [0.25, 0.3) is 0 Å². The van der Waals surface area contributed by atoms with E-state index in [9.17, 15) is 14.7 Å². The molecule has 0 aliphatic rings. The second-order valence-corrected chi connectivity index (χ2v) is 4.87. The first-order valence-corrected chi connectivity index (χ1v) is 6.03. The Morgan fingerprint density at radius 1 is 1.11 bits per heavy atom. The normalized spacial score (nSPS) is 11.8. The van der Waals surface area contributed by atoms with Crippen LogP contribution >= 0.6 is 0 Å². The highest BCUT2D eigenvalue weighted by Gasteiger charge is 2.24. The van der Waals surface area contributed by atoms with E-state index in [0.29, 0.717) is 5.56 Å². The van der Waals surface area contributed by atoms with E-state index in [2.05, 4.69) is 0 Å². The van der Waals surface area contributed by atoms with Gasteiger partial charge in [0.1, 0.15) is 0 Å². The standard InChI is InChI=1S/C14H20N2O3/c1-15(2)11-7-5-10(6-8-11)12(14(18)19)9-13(17)16(3)4/h5-8,12H,9H2,1-4H3,(H,18,19). The molecule has 0 saturated heterocycles. The van der Waals surface area contributed by atoms with E-state index in [4.69, 9.17) is 0 Å². The smallest absolute Gasteiger partial charge is 0.311 e. The lowest BCUT2D eigenvalue weighted by Crippen LogP contribution is -2.26. The zero-order valence-corrected chi connectivity index (χ0v) is 11.8. The van der Waals surface area contributed by atoms with Gasteiger partial charge in [-0.3, -0.25) is 9.59 Å². The zero-order valence-electron chi connectivity index (χ0n) is 11.8. The van der Waals surface area contributed by atoms with Crippen LogP contribution in [0.1, 0.15) is 17.9 Å². The first kappa shape index (κ1) is 15.0. The fourth-order valence-corrected chi connectivity index (χ4v) is 1.71. The zero-order chi connectivity index (χ0) is 14.6. The second-order valence-electron chi connectivity index (χ2n) is 4.87. The number of nitrogens with zero attached hydrogens (tertiary/aromatic N) is 2. The van der Waals surface area contributed by atoms with Crippen molar-refractivity contribution in [2.45, 2.75) is 12.3 Å². The molecule has 0 aliphatic carbocycles. The summed E-state index contributed by atoms with van der Waals surface area (Å²) < 4.78 is 0. The lowest BCUT2D eigenvalue weighted by Gasteiger charge is -2.17. The molecule has 1 atom stereocenters. The summed E-state index contributed by atoms with van der Waals surface area (Å²) in [5.41, 5.74) is 1.64. The van der Waals surface area contributed by atoms with Crippen LogP contribution in [0.15, 0.2) is 24.3 Å². The van der Waals surface area contributed by atoms with Gasteiger partial charge >= 0.3 is 5.97 Å². The molecule has 0 aliphatic heterocycles. The van der Waals surface area contributed by atoms with E-state index in [-0.39, 0.29) is 12.3 Å². The molecule has 0 heterocycles. The highest BCUT2D eigenvalue weighted by Crippen LogP contribution is 2.23. The van der Waals surface area contributed by atoms with Crippen LogP contribution in [0.5, 0.6) is 0 Å². The number of carbonyl (C=O) groups is 2. The van der Waals surface area contributed by atoms with Crippen molar-refractivity contribution in [3.8, 4) is 0 Å². The number of carboxylic acids is 1. The SMILES string of the molecule is CN(C)C(=O)CC(C(=O)O)c1ccc(N(C)C)cc1. The topological polar surface area (TPSA) is 60.9 Å². The van der Waals surface area contributed by atoms with E-state index < -0.39 is 11.9 Å². The summed E-state index contributed by atoms with van der Waals surface area (Å²) >= 11 is 0. The van der Waals surface area contributed by atoms with Crippen molar-refractivity contribution in [1.29, 1.82) is 0 Å². The Morgan fingerprint density at radius 2 is 1.63 bits per heavy atom. The molecule has 1 rings (SSSR count). The van der Waals surface area contributed by atoms with Gasteiger partial charge in [-0.15, -0.1) is 0 Å². The van der Waals surface area contributed by atoms with Crippen molar-refractivity contribution in [3.63, 3.8) is 0 Å². The van der Waals surface area contributed by atoms with Crippen molar-refractivity contribution in [1.82, 2.24) is 4.90 Å². The summed E-state index contributed by atoms with van der Waals surface area (Å²) in [5, 5.41) is 9.25. The van der Waals surface area contributed by atoms with Crippen molar-refractivity contribution in [2.24, 2.45) is 0 Å². The maximum absolute atomic E-state index is 11.7. The Bertz CT molecular complexity index is 452. The summed E-state index contributed by atoms with van der Waals surface area (Å²) in [6, 6.07) is 7.23. The number of anilines is 1.